The van der Waals surface area contributed by atoms with Gasteiger partial charge in [0.1, 0.15) is 10.6 Å². The van der Waals surface area contributed by atoms with Gasteiger partial charge in [-0.25, -0.2) is 9.97 Å². The number of hydrogen-bond acceptors (Lipinski definition) is 4. The Kier molecular flexibility index (Phi) is 3.62. The van der Waals surface area contributed by atoms with Gasteiger partial charge in [-0.1, -0.05) is 30.3 Å². The van der Waals surface area contributed by atoms with E-state index >= 15 is 0 Å². The van der Waals surface area contributed by atoms with E-state index in [4.69, 9.17) is 11.6 Å². The van der Waals surface area contributed by atoms with Crippen LogP contribution in [0.4, 0.5) is 5.82 Å². The molecule has 19 heavy (non-hydrogen) atoms. The molecule has 1 N–H and O–H groups in total. The van der Waals surface area contributed by atoms with Crippen LogP contribution in [0.3, 0.4) is 0 Å². The monoisotopic (exact) mass is 289 g/mol. The topological polar surface area (TPSA) is 37.8 Å². The van der Waals surface area contributed by atoms with Crippen LogP contribution >= 0.6 is 22.9 Å². The van der Waals surface area contributed by atoms with Crippen molar-refractivity contribution in [3.8, 4) is 0 Å². The number of thiophene rings is 1. The molecule has 3 aromatic rings. The summed E-state index contributed by atoms with van der Waals surface area (Å²) in [6, 6.07) is 12.4. The van der Waals surface area contributed by atoms with Crippen molar-refractivity contribution in [2.24, 2.45) is 0 Å². The zero-order chi connectivity index (χ0) is 13.1. The average Bonchev–Trinajstić information content (AvgIpc) is 2.88. The van der Waals surface area contributed by atoms with Crippen LogP contribution < -0.4 is 5.32 Å². The van der Waals surface area contributed by atoms with Crippen LogP contribution in [0.5, 0.6) is 0 Å². The Morgan fingerprint density at radius 2 is 1.95 bits per heavy atom. The summed E-state index contributed by atoms with van der Waals surface area (Å²) in [6.45, 7) is 0.822. The molecule has 0 aliphatic heterocycles. The Bertz CT molecular complexity index is 681. The van der Waals surface area contributed by atoms with Crippen LogP contribution in [-0.4, -0.2) is 16.5 Å². The molecule has 0 bridgehead atoms. The van der Waals surface area contributed by atoms with E-state index in [1.807, 2.05) is 29.6 Å². The molecule has 0 aliphatic rings. The highest BCUT2D eigenvalue weighted by atomic mass is 35.5. The van der Waals surface area contributed by atoms with Crippen molar-refractivity contribution in [2.75, 3.05) is 11.9 Å². The summed E-state index contributed by atoms with van der Waals surface area (Å²) in [5, 5.41) is 6.65. The maximum atomic E-state index is 5.92. The van der Waals surface area contributed by atoms with Crippen molar-refractivity contribution in [3.63, 3.8) is 0 Å². The Hall–Kier alpha value is -1.65. The number of rotatable bonds is 4. The molecule has 0 saturated heterocycles. The Labute approximate surface area is 120 Å². The molecule has 0 amide bonds. The molecule has 0 spiro atoms. The van der Waals surface area contributed by atoms with Gasteiger partial charge in [-0.15, -0.1) is 11.3 Å². The second-order valence-electron chi connectivity index (χ2n) is 4.14. The second kappa shape index (κ2) is 5.55. The van der Waals surface area contributed by atoms with Crippen molar-refractivity contribution >= 4 is 39.0 Å². The molecular weight excluding hydrogens is 278 g/mol. The lowest BCUT2D eigenvalue weighted by Crippen LogP contribution is -2.07. The quantitative estimate of drug-likeness (QED) is 0.738. The van der Waals surface area contributed by atoms with Gasteiger partial charge in [0.05, 0.1) is 5.39 Å². The van der Waals surface area contributed by atoms with Gasteiger partial charge in [0, 0.05) is 6.54 Å². The summed E-state index contributed by atoms with van der Waals surface area (Å²) < 4.78 is 0. The first kappa shape index (κ1) is 12.4. The van der Waals surface area contributed by atoms with Gasteiger partial charge in [0.15, 0.2) is 0 Å². The lowest BCUT2D eigenvalue weighted by Gasteiger charge is -2.07. The molecule has 2 aromatic heterocycles. The molecular formula is C14H12ClN3S. The van der Waals surface area contributed by atoms with Gasteiger partial charge < -0.3 is 5.32 Å². The van der Waals surface area contributed by atoms with Crippen LogP contribution in [0.2, 0.25) is 5.28 Å². The first-order valence-electron chi connectivity index (χ1n) is 6.01. The van der Waals surface area contributed by atoms with Gasteiger partial charge in [-0.2, -0.15) is 0 Å². The first-order chi connectivity index (χ1) is 9.33. The summed E-state index contributed by atoms with van der Waals surface area (Å²) in [4.78, 5) is 9.37. The van der Waals surface area contributed by atoms with E-state index in [1.54, 1.807) is 11.3 Å². The molecule has 3 rings (SSSR count). The molecule has 0 fully saturated rings. The lowest BCUT2D eigenvalue weighted by atomic mass is 10.1. The zero-order valence-electron chi connectivity index (χ0n) is 10.1. The number of fused-ring (bicyclic) bond motifs is 1. The van der Waals surface area contributed by atoms with E-state index in [0.29, 0.717) is 0 Å². The van der Waals surface area contributed by atoms with Crippen LogP contribution in [0, 0.1) is 0 Å². The normalized spacial score (nSPS) is 10.8. The van der Waals surface area contributed by atoms with Crippen LogP contribution in [0.25, 0.3) is 10.2 Å². The average molecular weight is 290 g/mol. The van der Waals surface area contributed by atoms with E-state index in [2.05, 4.69) is 27.4 Å². The zero-order valence-corrected chi connectivity index (χ0v) is 11.7. The highest BCUT2D eigenvalue weighted by Crippen LogP contribution is 2.26. The van der Waals surface area contributed by atoms with Gasteiger partial charge in [-0.3, -0.25) is 0 Å². The minimum absolute atomic E-state index is 0.289. The van der Waals surface area contributed by atoms with Crippen LogP contribution in [0.1, 0.15) is 5.56 Å². The third-order valence-electron chi connectivity index (χ3n) is 2.85. The molecule has 0 radical (unpaired) electrons. The Morgan fingerprint density at radius 3 is 2.79 bits per heavy atom. The lowest BCUT2D eigenvalue weighted by molar-refractivity contribution is 1.01. The number of halogens is 1. The third-order valence-corrected chi connectivity index (χ3v) is 3.82. The van der Waals surface area contributed by atoms with Gasteiger partial charge in [0.2, 0.25) is 5.28 Å². The first-order valence-corrected chi connectivity index (χ1v) is 7.27. The highest BCUT2D eigenvalue weighted by Gasteiger charge is 2.07. The summed E-state index contributed by atoms with van der Waals surface area (Å²) in [5.41, 5.74) is 1.30. The fraction of sp³-hybridized carbons (Fsp3) is 0.143. The summed E-state index contributed by atoms with van der Waals surface area (Å²) in [6.07, 6.45) is 0.952. The van der Waals surface area contributed by atoms with Crippen molar-refractivity contribution in [2.45, 2.75) is 6.42 Å². The Morgan fingerprint density at radius 1 is 1.11 bits per heavy atom. The maximum Gasteiger partial charge on any atom is 0.225 e. The number of nitrogens with zero attached hydrogens (tertiary/aromatic N) is 2. The number of hydrogen-bond donors (Lipinski definition) is 1. The molecule has 0 atom stereocenters. The molecule has 96 valence electrons. The molecule has 0 unspecified atom stereocenters. The smallest absolute Gasteiger partial charge is 0.225 e. The maximum absolute atomic E-state index is 5.92. The second-order valence-corrected chi connectivity index (χ2v) is 5.38. The van der Waals surface area contributed by atoms with E-state index < -0.39 is 0 Å². The minimum Gasteiger partial charge on any atom is -0.369 e. The van der Waals surface area contributed by atoms with E-state index in [0.717, 1.165) is 29.0 Å². The van der Waals surface area contributed by atoms with Crippen LogP contribution in [-0.2, 0) is 6.42 Å². The van der Waals surface area contributed by atoms with Gasteiger partial charge in [-0.05, 0) is 35.0 Å². The fourth-order valence-electron chi connectivity index (χ4n) is 1.93. The van der Waals surface area contributed by atoms with E-state index in [1.165, 1.54) is 5.56 Å². The highest BCUT2D eigenvalue weighted by molar-refractivity contribution is 7.16. The minimum atomic E-state index is 0.289. The summed E-state index contributed by atoms with van der Waals surface area (Å²) in [5.74, 6) is 0.812. The summed E-state index contributed by atoms with van der Waals surface area (Å²) >= 11 is 7.49. The van der Waals surface area contributed by atoms with Crippen molar-refractivity contribution in [3.05, 3.63) is 52.6 Å². The standard InChI is InChI=1S/C14H12ClN3S/c15-14-17-12(11-7-9-19-13(11)18-14)16-8-6-10-4-2-1-3-5-10/h1-5,7,9H,6,8H2,(H,16,17,18). The van der Waals surface area contributed by atoms with Gasteiger partial charge in [0.25, 0.3) is 0 Å². The molecule has 3 nitrogen and oxygen atoms in total. The predicted octanol–water partition coefficient (Wildman–Crippen LogP) is 4.00. The summed E-state index contributed by atoms with van der Waals surface area (Å²) in [7, 11) is 0. The SMILES string of the molecule is Clc1nc(NCCc2ccccc2)c2ccsc2n1. The third kappa shape index (κ3) is 2.85. The Balaban J connectivity index is 1.73. The van der Waals surface area contributed by atoms with Crippen molar-refractivity contribution < 1.29 is 0 Å². The van der Waals surface area contributed by atoms with Crippen molar-refractivity contribution in [1.82, 2.24) is 9.97 Å². The predicted molar refractivity (Wildman–Crippen MR) is 81.1 cm³/mol. The molecule has 5 heteroatoms. The fourth-order valence-corrected chi connectivity index (χ4v) is 2.92. The van der Waals surface area contributed by atoms with E-state index in [-0.39, 0.29) is 5.28 Å². The number of aromatic nitrogens is 2. The van der Waals surface area contributed by atoms with Crippen molar-refractivity contribution in [1.29, 1.82) is 0 Å². The molecule has 2 heterocycles. The molecule has 1 aromatic carbocycles. The molecule has 0 aliphatic carbocycles. The number of nitrogens with one attached hydrogen (secondary N) is 1. The van der Waals surface area contributed by atoms with E-state index in [9.17, 15) is 0 Å². The largest absolute Gasteiger partial charge is 0.369 e. The van der Waals surface area contributed by atoms with Crippen LogP contribution in [0.15, 0.2) is 41.8 Å². The number of anilines is 1. The number of benzene rings is 1. The van der Waals surface area contributed by atoms with Gasteiger partial charge >= 0.3 is 0 Å². The molecule has 0 saturated carbocycles.